The van der Waals surface area contributed by atoms with Gasteiger partial charge in [0.05, 0.1) is 11.4 Å². The standard InChI is InChI=1S/C15H25FN4O2S.HI/c1-11-6-7-12(10-13(11)16)20-23(21,22)9-8-18-14(17-5)19-15(2,3)4;/h6-7,10,20H,8-9H2,1-5H3,(H2,17,18,19);1H. The Morgan fingerprint density at radius 2 is 1.92 bits per heavy atom. The number of rotatable bonds is 5. The van der Waals surface area contributed by atoms with Gasteiger partial charge in [-0.05, 0) is 45.4 Å². The molecule has 0 spiro atoms. The number of guanidine groups is 1. The van der Waals surface area contributed by atoms with Crippen LogP contribution in [-0.4, -0.2) is 39.3 Å². The lowest BCUT2D eigenvalue weighted by Crippen LogP contribution is -2.48. The first-order chi connectivity index (χ1) is 10.5. The molecule has 0 saturated carbocycles. The van der Waals surface area contributed by atoms with Gasteiger partial charge < -0.3 is 10.6 Å². The maximum absolute atomic E-state index is 13.4. The van der Waals surface area contributed by atoms with E-state index in [2.05, 4.69) is 20.3 Å². The highest BCUT2D eigenvalue weighted by Gasteiger charge is 2.14. The van der Waals surface area contributed by atoms with Crippen molar-refractivity contribution in [3.05, 3.63) is 29.6 Å². The van der Waals surface area contributed by atoms with Crippen molar-refractivity contribution in [2.45, 2.75) is 33.2 Å². The van der Waals surface area contributed by atoms with E-state index in [0.717, 1.165) is 0 Å². The number of benzene rings is 1. The summed E-state index contributed by atoms with van der Waals surface area (Å²) in [6, 6.07) is 4.23. The third kappa shape index (κ3) is 8.67. The Kier molecular flexibility index (Phi) is 8.97. The smallest absolute Gasteiger partial charge is 0.234 e. The van der Waals surface area contributed by atoms with Gasteiger partial charge in [0.2, 0.25) is 10.0 Å². The van der Waals surface area contributed by atoms with E-state index >= 15 is 0 Å². The fourth-order valence-electron chi connectivity index (χ4n) is 1.73. The Balaban J connectivity index is 0.00000529. The van der Waals surface area contributed by atoms with E-state index in [1.165, 1.54) is 18.2 Å². The topological polar surface area (TPSA) is 82.6 Å². The van der Waals surface area contributed by atoms with Crippen molar-refractivity contribution in [3.8, 4) is 0 Å². The molecule has 0 heterocycles. The van der Waals surface area contributed by atoms with Gasteiger partial charge in [0.15, 0.2) is 5.96 Å². The third-order valence-electron chi connectivity index (χ3n) is 2.83. The van der Waals surface area contributed by atoms with Gasteiger partial charge in [-0.15, -0.1) is 24.0 Å². The van der Waals surface area contributed by atoms with Crippen LogP contribution in [0.3, 0.4) is 0 Å². The number of halogens is 2. The number of nitrogens with one attached hydrogen (secondary N) is 3. The largest absolute Gasteiger partial charge is 0.355 e. The van der Waals surface area contributed by atoms with Crippen molar-refractivity contribution in [1.29, 1.82) is 0 Å². The second kappa shape index (κ2) is 9.40. The van der Waals surface area contributed by atoms with Crippen LogP contribution in [0.25, 0.3) is 0 Å². The van der Waals surface area contributed by atoms with Crippen LogP contribution in [0.15, 0.2) is 23.2 Å². The summed E-state index contributed by atoms with van der Waals surface area (Å²) in [5.41, 5.74) is 0.496. The Morgan fingerprint density at radius 3 is 2.42 bits per heavy atom. The second-order valence-corrected chi connectivity index (χ2v) is 8.10. The minimum Gasteiger partial charge on any atom is -0.355 e. The molecule has 6 nitrogen and oxygen atoms in total. The van der Waals surface area contributed by atoms with Crippen LogP contribution in [0, 0.1) is 12.7 Å². The number of sulfonamides is 1. The van der Waals surface area contributed by atoms with Gasteiger partial charge in [-0.25, -0.2) is 12.8 Å². The molecule has 0 amide bonds. The van der Waals surface area contributed by atoms with E-state index in [0.29, 0.717) is 11.5 Å². The Hall–Kier alpha value is -1.10. The summed E-state index contributed by atoms with van der Waals surface area (Å²) >= 11 is 0. The molecule has 1 aromatic rings. The molecule has 0 aliphatic carbocycles. The predicted octanol–water partition coefficient (Wildman–Crippen LogP) is 2.46. The van der Waals surface area contributed by atoms with Crippen molar-refractivity contribution in [3.63, 3.8) is 0 Å². The molecule has 0 atom stereocenters. The van der Waals surface area contributed by atoms with Gasteiger partial charge in [-0.1, -0.05) is 6.07 Å². The summed E-state index contributed by atoms with van der Waals surface area (Å²) in [5.74, 6) is -0.0833. The summed E-state index contributed by atoms with van der Waals surface area (Å²) in [5, 5.41) is 6.06. The van der Waals surface area contributed by atoms with Gasteiger partial charge in [-0.3, -0.25) is 9.71 Å². The van der Waals surface area contributed by atoms with Gasteiger partial charge in [-0.2, -0.15) is 0 Å². The van der Waals surface area contributed by atoms with Crippen molar-refractivity contribution in [2.24, 2.45) is 4.99 Å². The monoisotopic (exact) mass is 472 g/mol. The highest BCUT2D eigenvalue weighted by atomic mass is 127. The van der Waals surface area contributed by atoms with Crippen LogP contribution in [0.1, 0.15) is 26.3 Å². The first-order valence-electron chi connectivity index (χ1n) is 7.28. The molecule has 0 unspecified atom stereocenters. The van der Waals surface area contributed by atoms with Crippen molar-refractivity contribution >= 4 is 45.6 Å². The summed E-state index contributed by atoms with van der Waals surface area (Å²) in [6.45, 7) is 7.73. The van der Waals surface area contributed by atoms with Crippen LogP contribution in [-0.2, 0) is 10.0 Å². The molecule has 1 rings (SSSR count). The number of hydrogen-bond donors (Lipinski definition) is 3. The zero-order valence-electron chi connectivity index (χ0n) is 14.6. The molecular formula is C15H26FIN4O2S. The second-order valence-electron chi connectivity index (χ2n) is 6.26. The van der Waals surface area contributed by atoms with Gasteiger partial charge in [0.25, 0.3) is 0 Å². The number of hydrogen-bond acceptors (Lipinski definition) is 3. The molecule has 0 bridgehead atoms. The Bertz CT molecular complexity index is 673. The number of nitrogens with zero attached hydrogens (tertiary/aromatic N) is 1. The highest BCUT2D eigenvalue weighted by molar-refractivity contribution is 14.0. The molecule has 138 valence electrons. The molecule has 0 aliphatic heterocycles. The van der Waals surface area contributed by atoms with Gasteiger partial charge in [0, 0.05) is 19.1 Å². The molecule has 9 heteroatoms. The van der Waals surface area contributed by atoms with E-state index in [1.807, 2.05) is 20.8 Å². The summed E-state index contributed by atoms with van der Waals surface area (Å²) in [4.78, 5) is 4.03. The van der Waals surface area contributed by atoms with E-state index in [-0.39, 0.29) is 47.5 Å². The molecule has 1 aromatic carbocycles. The fourth-order valence-corrected chi connectivity index (χ4v) is 2.68. The predicted molar refractivity (Wildman–Crippen MR) is 108 cm³/mol. The maximum Gasteiger partial charge on any atom is 0.234 e. The quantitative estimate of drug-likeness (QED) is 0.350. The fraction of sp³-hybridized carbons (Fsp3) is 0.533. The summed E-state index contributed by atoms with van der Waals surface area (Å²) in [7, 11) is -1.96. The van der Waals surface area contributed by atoms with E-state index in [9.17, 15) is 12.8 Å². The lowest BCUT2D eigenvalue weighted by atomic mass is 10.1. The molecule has 0 aliphatic rings. The normalized spacial score (nSPS) is 12.3. The minimum atomic E-state index is -3.57. The van der Waals surface area contributed by atoms with Gasteiger partial charge in [0.1, 0.15) is 5.82 Å². The zero-order chi connectivity index (χ0) is 17.7. The summed E-state index contributed by atoms with van der Waals surface area (Å²) < 4.78 is 39.8. The van der Waals surface area contributed by atoms with E-state index < -0.39 is 15.8 Å². The van der Waals surface area contributed by atoms with E-state index in [4.69, 9.17) is 0 Å². The van der Waals surface area contributed by atoms with Crippen molar-refractivity contribution in [1.82, 2.24) is 10.6 Å². The first kappa shape index (κ1) is 22.9. The molecule has 0 saturated heterocycles. The lowest BCUT2D eigenvalue weighted by molar-refractivity contribution is 0.502. The molecular weight excluding hydrogens is 446 g/mol. The Morgan fingerprint density at radius 1 is 1.29 bits per heavy atom. The molecule has 0 radical (unpaired) electrons. The Labute approximate surface area is 160 Å². The van der Waals surface area contributed by atoms with Crippen LogP contribution >= 0.6 is 24.0 Å². The zero-order valence-corrected chi connectivity index (χ0v) is 17.8. The molecule has 0 aromatic heterocycles. The maximum atomic E-state index is 13.4. The number of aliphatic imine (C=N–C) groups is 1. The summed E-state index contributed by atoms with van der Waals surface area (Å²) in [6.07, 6.45) is 0. The van der Waals surface area contributed by atoms with E-state index in [1.54, 1.807) is 14.0 Å². The molecule has 0 fully saturated rings. The van der Waals surface area contributed by atoms with Crippen LogP contribution in [0.4, 0.5) is 10.1 Å². The third-order valence-corrected chi connectivity index (χ3v) is 4.11. The molecule has 24 heavy (non-hydrogen) atoms. The number of aryl methyl sites for hydroxylation is 1. The van der Waals surface area contributed by atoms with Crippen LogP contribution in [0.2, 0.25) is 0 Å². The SMILES string of the molecule is CN=C(NCCS(=O)(=O)Nc1ccc(C)c(F)c1)NC(C)(C)C.I. The van der Waals surface area contributed by atoms with Gasteiger partial charge >= 0.3 is 0 Å². The minimum absolute atomic E-state index is 0. The van der Waals surface area contributed by atoms with Crippen molar-refractivity contribution < 1.29 is 12.8 Å². The lowest BCUT2D eigenvalue weighted by Gasteiger charge is -2.23. The van der Waals surface area contributed by atoms with Crippen LogP contribution < -0.4 is 15.4 Å². The highest BCUT2D eigenvalue weighted by Crippen LogP contribution is 2.14. The average Bonchev–Trinajstić information content (AvgIpc) is 2.40. The van der Waals surface area contributed by atoms with Crippen molar-refractivity contribution in [2.75, 3.05) is 24.1 Å². The first-order valence-corrected chi connectivity index (χ1v) is 8.93. The average molecular weight is 472 g/mol. The van der Waals surface area contributed by atoms with Crippen LogP contribution in [0.5, 0.6) is 0 Å². The molecule has 3 N–H and O–H groups in total. The number of anilines is 1.